The molecule has 0 radical (unpaired) electrons. The van der Waals surface area contributed by atoms with Crippen LogP contribution in [0.5, 0.6) is 0 Å². The predicted octanol–water partition coefficient (Wildman–Crippen LogP) is 5.45. The number of aromatic amines is 1. The second-order valence-corrected chi connectivity index (χ2v) is 6.19. The van der Waals surface area contributed by atoms with E-state index in [1.165, 1.54) is 4.68 Å². The Morgan fingerprint density at radius 3 is 2.35 bits per heavy atom. The van der Waals surface area contributed by atoms with Crippen LogP contribution < -0.4 is 0 Å². The van der Waals surface area contributed by atoms with Crippen LogP contribution in [0.1, 0.15) is 5.56 Å². The Bertz CT molecular complexity index is 908. The highest BCUT2D eigenvalue weighted by atomic mass is 35.5. The lowest BCUT2D eigenvalue weighted by atomic mass is 10.2. The van der Waals surface area contributed by atoms with Crippen molar-refractivity contribution < 1.29 is 0 Å². The fraction of sp³-hybridized carbons (Fsp3) is 0. The molecule has 0 saturated heterocycles. The molecule has 3 rings (SSSR count). The maximum atomic E-state index is 6.13. The number of benzene rings is 2. The van der Waals surface area contributed by atoms with Crippen molar-refractivity contribution in [3.63, 3.8) is 0 Å². The van der Waals surface area contributed by atoms with Gasteiger partial charge in [-0.1, -0.05) is 40.9 Å². The highest BCUT2D eigenvalue weighted by Crippen LogP contribution is 2.23. The Kier molecular flexibility index (Phi) is 4.82. The van der Waals surface area contributed by atoms with Gasteiger partial charge in [-0.3, -0.25) is 0 Å². The van der Waals surface area contributed by atoms with Crippen LogP contribution in [-0.4, -0.2) is 21.1 Å². The van der Waals surface area contributed by atoms with Crippen molar-refractivity contribution in [2.45, 2.75) is 0 Å². The molecule has 2 aromatic carbocycles. The lowest BCUT2D eigenvalue weighted by molar-refractivity contribution is 0.871. The van der Waals surface area contributed by atoms with E-state index in [2.05, 4.69) is 15.3 Å². The molecule has 0 aliphatic carbocycles. The van der Waals surface area contributed by atoms with E-state index in [4.69, 9.17) is 47.0 Å². The molecule has 0 aliphatic heterocycles. The van der Waals surface area contributed by atoms with Gasteiger partial charge in [-0.15, -0.1) is 0 Å². The first-order chi connectivity index (χ1) is 11.1. The van der Waals surface area contributed by atoms with E-state index in [9.17, 15) is 0 Å². The van der Waals surface area contributed by atoms with Gasteiger partial charge in [-0.2, -0.15) is 14.9 Å². The monoisotopic (exact) mass is 382 g/mol. The van der Waals surface area contributed by atoms with Crippen molar-refractivity contribution in [2.75, 3.05) is 0 Å². The van der Waals surface area contributed by atoms with E-state index in [1.807, 2.05) is 12.1 Å². The Labute approximate surface area is 152 Å². The van der Waals surface area contributed by atoms with Gasteiger partial charge in [0.2, 0.25) is 4.77 Å². The van der Waals surface area contributed by atoms with Gasteiger partial charge in [-0.05, 0) is 48.6 Å². The molecule has 23 heavy (non-hydrogen) atoms. The summed E-state index contributed by atoms with van der Waals surface area (Å²) in [4.78, 5) is 0. The summed E-state index contributed by atoms with van der Waals surface area (Å²) in [6, 6.07) is 12.5. The second-order valence-electron chi connectivity index (χ2n) is 4.55. The average Bonchev–Trinajstić information content (AvgIpc) is 2.89. The minimum Gasteiger partial charge on any atom is -0.250 e. The van der Waals surface area contributed by atoms with Crippen LogP contribution in [0.4, 0.5) is 0 Å². The molecule has 4 nitrogen and oxygen atoms in total. The van der Waals surface area contributed by atoms with Crippen LogP contribution in [-0.2, 0) is 0 Å². The predicted molar refractivity (Wildman–Crippen MR) is 97.3 cm³/mol. The van der Waals surface area contributed by atoms with Crippen LogP contribution in [0.25, 0.3) is 11.4 Å². The molecular formula is C15H9Cl3N4S. The number of hydrogen-bond acceptors (Lipinski definition) is 3. The normalized spacial score (nSPS) is 11.3. The fourth-order valence-electron chi connectivity index (χ4n) is 1.93. The summed E-state index contributed by atoms with van der Waals surface area (Å²) in [6.45, 7) is 0. The summed E-state index contributed by atoms with van der Waals surface area (Å²) in [7, 11) is 0. The Hall–Kier alpha value is -1.66. The summed E-state index contributed by atoms with van der Waals surface area (Å²) >= 11 is 23.4. The molecule has 3 aromatic rings. The highest BCUT2D eigenvalue weighted by molar-refractivity contribution is 7.71. The SMILES string of the molecule is S=c1[nH]nc(-c2ccc(Cl)cc2)n1N=Cc1c(Cl)cccc1Cl. The largest absolute Gasteiger partial charge is 0.250 e. The lowest BCUT2D eigenvalue weighted by Gasteiger charge is -2.03. The van der Waals surface area contributed by atoms with E-state index in [-0.39, 0.29) is 0 Å². The molecule has 0 saturated carbocycles. The van der Waals surface area contributed by atoms with Crippen LogP contribution in [0.15, 0.2) is 47.6 Å². The van der Waals surface area contributed by atoms with Crippen molar-refractivity contribution in [1.29, 1.82) is 0 Å². The third kappa shape index (κ3) is 3.48. The molecule has 116 valence electrons. The highest BCUT2D eigenvalue weighted by Gasteiger charge is 2.09. The topological polar surface area (TPSA) is 46.0 Å². The molecule has 0 bridgehead atoms. The van der Waals surface area contributed by atoms with Gasteiger partial charge in [0.05, 0.1) is 16.3 Å². The Balaban J connectivity index is 2.04. The van der Waals surface area contributed by atoms with Crippen molar-refractivity contribution in [2.24, 2.45) is 5.10 Å². The smallest absolute Gasteiger partial charge is 0.216 e. The van der Waals surface area contributed by atoms with Crippen LogP contribution in [0.2, 0.25) is 15.1 Å². The van der Waals surface area contributed by atoms with Crippen molar-refractivity contribution in [1.82, 2.24) is 14.9 Å². The van der Waals surface area contributed by atoms with Gasteiger partial charge in [-0.25, -0.2) is 5.10 Å². The van der Waals surface area contributed by atoms with Gasteiger partial charge in [0.1, 0.15) is 0 Å². The van der Waals surface area contributed by atoms with Crippen LogP contribution in [0, 0.1) is 4.77 Å². The molecule has 0 unspecified atom stereocenters. The molecule has 1 N–H and O–H groups in total. The number of H-pyrrole nitrogens is 1. The van der Waals surface area contributed by atoms with Gasteiger partial charge >= 0.3 is 0 Å². The average molecular weight is 384 g/mol. The number of rotatable bonds is 3. The van der Waals surface area contributed by atoms with Gasteiger partial charge in [0.15, 0.2) is 5.82 Å². The zero-order valence-corrected chi connectivity index (χ0v) is 14.6. The van der Waals surface area contributed by atoms with Crippen LogP contribution in [0.3, 0.4) is 0 Å². The van der Waals surface area contributed by atoms with E-state index < -0.39 is 0 Å². The summed E-state index contributed by atoms with van der Waals surface area (Å²) in [5.41, 5.74) is 1.44. The molecule has 8 heteroatoms. The molecule has 0 aliphatic rings. The molecule has 0 fully saturated rings. The van der Waals surface area contributed by atoms with E-state index in [0.717, 1.165) is 5.56 Å². The zero-order valence-electron chi connectivity index (χ0n) is 11.5. The number of halogens is 3. The van der Waals surface area contributed by atoms with E-state index in [0.29, 0.717) is 31.2 Å². The van der Waals surface area contributed by atoms with Gasteiger partial charge in [0, 0.05) is 16.1 Å². The summed E-state index contributed by atoms with van der Waals surface area (Å²) in [6.07, 6.45) is 1.55. The summed E-state index contributed by atoms with van der Waals surface area (Å²) < 4.78 is 1.85. The fourth-order valence-corrected chi connectivity index (χ4v) is 2.73. The minimum absolute atomic E-state index is 0.356. The van der Waals surface area contributed by atoms with Crippen molar-refractivity contribution >= 4 is 53.2 Å². The van der Waals surface area contributed by atoms with Crippen molar-refractivity contribution in [3.8, 4) is 11.4 Å². The molecule has 1 aromatic heterocycles. The lowest BCUT2D eigenvalue weighted by Crippen LogP contribution is -1.95. The number of hydrogen-bond donors (Lipinski definition) is 1. The molecule has 0 spiro atoms. The van der Waals surface area contributed by atoms with Gasteiger partial charge in [0.25, 0.3) is 0 Å². The van der Waals surface area contributed by atoms with E-state index in [1.54, 1.807) is 36.5 Å². The van der Waals surface area contributed by atoms with Crippen LogP contribution >= 0.6 is 47.0 Å². The second kappa shape index (κ2) is 6.84. The zero-order chi connectivity index (χ0) is 16.4. The molecular weight excluding hydrogens is 375 g/mol. The number of nitrogens with zero attached hydrogens (tertiary/aromatic N) is 3. The number of aromatic nitrogens is 3. The first-order valence-electron chi connectivity index (χ1n) is 6.48. The van der Waals surface area contributed by atoms with Gasteiger partial charge < -0.3 is 0 Å². The third-order valence-electron chi connectivity index (χ3n) is 3.05. The minimum atomic E-state index is 0.356. The molecule has 0 amide bonds. The maximum absolute atomic E-state index is 6.13. The Morgan fingerprint density at radius 1 is 1.04 bits per heavy atom. The summed E-state index contributed by atoms with van der Waals surface area (Å²) in [5, 5.41) is 12.9. The first-order valence-corrected chi connectivity index (χ1v) is 8.02. The standard InChI is InChI=1S/C15H9Cl3N4S/c16-10-6-4-9(5-7-10)14-20-21-15(23)22(14)19-8-11-12(17)2-1-3-13(11)18/h1-8H,(H,21,23). The molecule has 1 heterocycles. The quantitative estimate of drug-likeness (QED) is 0.483. The molecule has 0 atom stereocenters. The number of nitrogens with one attached hydrogen (secondary N) is 1. The Morgan fingerprint density at radius 2 is 1.70 bits per heavy atom. The maximum Gasteiger partial charge on any atom is 0.216 e. The summed E-state index contributed by atoms with van der Waals surface area (Å²) in [5.74, 6) is 0.561. The van der Waals surface area contributed by atoms with E-state index >= 15 is 0 Å². The van der Waals surface area contributed by atoms with Crippen molar-refractivity contribution in [3.05, 3.63) is 67.9 Å². The first kappa shape index (κ1) is 16.2. The third-order valence-corrected chi connectivity index (χ3v) is 4.23.